The molecule has 1 amide bonds. The summed E-state index contributed by atoms with van der Waals surface area (Å²) in [6, 6.07) is 6.28. The van der Waals surface area contributed by atoms with Gasteiger partial charge in [0, 0.05) is 23.1 Å². The Kier molecular flexibility index (Phi) is 5.15. The molecule has 1 aliphatic rings. The number of anilines is 1. The number of carboxylic acid groups (broad SMARTS) is 1. The van der Waals surface area contributed by atoms with Crippen LogP contribution in [0, 0.1) is 0 Å². The lowest BCUT2D eigenvalue weighted by molar-refractivity contribution is 0.191. The van der Waals surface area contributed by atoms with Crippen LogP contribution in [0.3, 0.4) is 0 Å². The molecule has 1 atom stereocenters. The van der Waals surface area contributed by atoms with Crippen molar-refractivity contribution in [3.8, 4) is 5.75 Å². The third-order valence-corrected chi connectivity index (χ3v) is 4.99. The van der Waals surface area contributed by atoms with Gasteiger partial charge < -0.3 is 25.5 Å². The first kappa shape index (κ1) is 18.6. The van der Waals surface area contributed by atoms with Crippen LogP contribution in [0.15, 0.2) is 24.4 Å². The highest BCUT2D eigenvalue weighted by Gasteiger charge is 2.24. The third kappa shape index (κ3) is 3.79. The summed E-state index contributed by atoms with van der Waals surface area (Å²) in [5, 5.41) is 15.6. The molecule has 1 aliphatic carbocycles. The predicted octanol–water partition coefficient (Wildman–Crippen LogP) is 3.49. The smallest absolute Gasteiger partial charge is 0.404 e. The van der Waals surface area contributed by atoms with Gasteiger partial charge >= 0.3 is 6.09 Å². The van der Waals surface area contributed by atoms with Crippen LogP contribution in [0.4, 0.5) is 10.6 Å². The molecule has 0 saturated heterocycles. The monoisotopic (exact) mass is 421 g/mol. The fourth-order valence-corrected chi connectivity index (χ4v) is 3.94. The van der Waals surface area contributed by atoms with Gasteiger partial charge in [-0.3, -0.25) is 0 Å². The molecule has 0 bridgehead atoms. The van der Waals surface area contributed by atoms with Gasteiger partial charge in [-0.25, -0.2) is 9.78 Å². The summed E-state index contributed by atoms with van der Waals surface area (Å²) in [6.07, 6.45) is 2.51. The van der Waals surface area contributed by atoms with Crippen LogP contribution in [-0.4, -0.2) is 45.3 Å². The summed E-state index contributed by atoms with van der Waals surface area (Å²) in [5.41, 5.74) is 3.61. The maximum Gasteiger partial charge on any atom is 0.404 e. The van der Waals surface area contributed by atoms with E-state index in [1.165, 1.54) is 16.5 Å². The number of H-pyrrole nitrogens is 1. The van der Waals surface area contributed by atoms with Gasteiger partial charge in [0.2, 0.25) is 5.28 Å². The van der Waals surface area contributed by atoms with E-state index in [1.54, 1.807) is 0 Å². The Balaban J connectivity index is 1.53. The van der Waals surface area contributed by atoms with Crippen molar-refractivity contribution in [2.45, 2.75) is 18.9 Å². The number of nitrogens with zero attached hydrogens (tertiary/aromatic N) is 2. The minimum absolute atomic E-state index is 0.00348. The van der Waals surface area contributed by atoms with Crippen molar-refractivity contribution < 1.29 is 14.6 Å². The minimum Gasteiger partial charge on any atom is -0.485 e. The van der Waals surface area contributed by atoms with Crippen molar-refractivity contribution in [3.63, 3.8) is 0 Å². The maximum absolute atomic E-state index is 10.6. The molecule has 2 heterocycles. The SMILES string of the molecule is O=C(O)NCCOc1c(Cl)nc(Cl)nc1NC1Cc2cccc3[nH]cc(c23)C1. The molecule has 0 spiro atoms. The molecular weight excluding hydrogens is 405 g/mol. The number of aromatic nitrogens is 3. The number of rotatable bonds is 6. The second-order valence-corrected chi connectivity index (χ2v) is 7.14. The maximum atomic E-state index is 10.6. The van der Waals surface area contributed by atoms with Crippen LogP contribution >= 0.6 is 23.2 Å². The molecule has 2 aromatic heterocycles. The molecule has 0 fully saturated rings. The van der Waals surface area contributed by atoms with Crippen LogP contribution in [0.2, 0.25) is 10.4 Å². The van der Waals surface area contributed by atoms with Crippen molar-refractivity contribution in [2.24, 2.45) is 0 Å². The zero-order valence-electron chi connectivity index (χ0n) is 14.6. The molecule has 1 aromatic carbocycles. The zero-order valence-corrected chi connectivity index (χ0v) is 16.1. The molecule has 1 unspecified atom stereocenters. The number of carbonyl (C=O) groups is 1. The van der Waals surface area contributed by atoms with Crippen LogP contribution in [-0.2, 0) is 12.8 Å². The van der Waals surface area contributed by atoms with Crippen molar-refractivity contribution in [3.05, 3.63) is 46.0 Å². The number of benzene rings is 1. The van der Waals surface area contributed by atoms with E-state index in [0.29, 0.717) is 5.82 Å². The molecule has 146 valence electrons. The number of hydrogen-bond acceptors (Lipinski definition) is 5. The molecule has 0 radical (unpaired) electrons. The van der Waals surface area contributed by atoms with Gasteiger partial charge in [0.15, 0.2) is 16.7 Å². The minimum atomic E-state index is -1.13. The lowest BCUT2D eigenvalue weighted by atomic mass is 9.89. The normalized spacial score (nSPS) is 15.4. The van der Waals surface area contributed by atoms with Gasteiger partial charge in [0.05, 0.1) is 6.54 Å². The van der Waals surface area contributed by atoms with Gasteiger partial charge in [-0.2, -0.15) is 4.98 Å². The molecule has 8 nitrogen and oxygen atoms in total. The van der Waals surface area contributed by atoms with E-state index in [2.05, 4.69) is 37.7 Å². The van der Waals surface area contributed by atoms with E-state index in [1.807, 2.05) is 12.3 Å². The Labute approximate surface area is 170 Å². The van der Waals surface area contributed by atoms with Crippen molar-refractivity contribution in [2.75, 3.05) is 18.5 Å². The largest absolute Gasteiger partial charge is 0.485 e. The van der Waals surface area contributed by atoms with Crippen molar-refractivity contribution in [1.82, 2.24) is 20.3 Å². The highest BCUT2D eigenvalue weighted by Crippen LogP contribution is 2.35. The lowest BCUT2D eigenvalue weighted by Gasteiger charge is -2.25. The molecule has 4 rings (SSSR count). The molecule has 0 aliphatic heterocycles. The Morgan fingerprint density at radius 1 is 1.29 bits per heavy atom. The second kappa shape index (κ2) is 7.73. The van der Waals surface area contributed by atoms with E-state index < -0.39 is 6.09 Å². The van der Waals surface area contributed by atoms with Crippen LogP contribution < -0.4 is 15.4 Å². The van der Waals surface area contributed by atoms with Crippen molar-refractivity contribution >= 4 is 46.0 Å². The first-order valence-corrected chi connectivity index (χ1v) is 9.44. The number of halogens is 2. The summed E-state index contributed by atoms with van der Waals surface area (Å²) in [6.45, 7) is 0.184. The van der Waals surface area contributed by atoms with E-state index in [9.17, 15) is 4.79 Å². The topological polar surface area (TPSA) is 112 Å². The molecule has 4 N–H and O–H groups in total. The lowest BCUT2D eigenvalue weighted by Crippen LogP contribution is -2.29. The number of hydrogen-bond donors (Lipinski definition) is 4. The summed E-state index contributed by atoms with van der Waals surface area (Å²) in [4.78, 5) is 22.0. The summed E-state index contributed by atoms with van der Waals surface area (Å²) < 4.78 is 5.62. The Bertz CT molecular complexity index is 1040. The van der Waals surface area contributed by atoms with E-state index in [0.717, 1.165) is 18.4 Å². The number of aromatic amines is 1. The average molecular weight is 422 g/mol. The predicted molar refractivity (Wildman–Crippen MR) is 107 cm³/mol. The number of amides is 1. The van der Waals surface area contributed by atoms with Crippen LogP contribution in [0.5, 0.6) is 5.75 Å². The van der Waals surface area contributed by atoms with E-state index in [-0.39, 0.29) is 35.4 Å². The average Bonchev–Trinajstić information content (AvgIpc) is 3.05. The quantitative estimate of drug-likeness (QED) is 0.275. The summed E-state index contributed by atoms with van der Waals surface area (Å²) in [7, 11) is 0. The zero-order chi connectivity index (χ0) is 19.7. The molecular formula is C18H17Cl2N5O3. The Morgan fingerprint density at radius 3 is 2.93 bits per heavy atom. The van der Waals surface area contributed by atoms with E-state index in [4.69, 9.17) is 33.0 Å². The van der Waals surface area contributed by atoms with Gasteiger partial charge in [-0.05, 0) is 41.6 Å². The van der Waals surface area contributed by atoms with E-state index >= 15 is 0 Å². The second-order valence-electron chi connectivity index (χ2n) is 6.44. The van der Waals surface area contributed by atoms with Gasteiger partial charge in [-0.1, -0.05) is 23.7 Å². The molecule has 0 saturated carbocycles. The van der Waals surface area contributed by atoms with Gasteiger partial charge in [-0.15, -0.1) is 0 Å². The number of nitrogens with one attached hydrogen (secondary N) is 3. The number of ether oxygens (including phenoxy) is 1. The standard InChI is InChI=1S/C18H17Cl2N5O3/c19-15-14(28-5-4-21-18(26)27)16(25-17(20)24-15)23-11-6-9-2-1-3-12-13(9)10(7-11)8-22-12/h1-3,8,11,21-22H,4-7H2,(H,26,27)(H,23,24,25). The molecule has 10 heteroatoms. The summed E-state index contributed by atoms with van der Waals surface area (Å²) in [5.74, 6) is 0.632. The molecule has 28 heavy (non-hydrogen) atoms. The highest BCUT2D eigenvalue weighted by atomic mass is 35.5. The Hall–Kier alpha value is -2.71. The summed E-state index contributed by atoms with van der Waals surface area (Å²) >= 11 is 12.2. The Morgan fingerprint density at radius 2 is 2.11 bits per heavy atom. The fraction of sp³-hybridized carbons (Fsp3) is 0.278. The third-order valence-electron chi connectivity index (χ3n) is 4.57. The van der Waals surface area contributed by atoms with Crippen molar-refractivity contribution in [1.29, 1.82) is 0 Å². The fourth-order valence-electron chi connectivity index (χ4n) is 3.50. The highest BCUT2D eigenvalue weighted by molar-refractivity contribution is 6.33. The molecule has 3 aromatic rings. The first-order valence-electron chi connectivity index (χ1n) is 8.68. The van der Waals surface area contributed by atoms with Gasteiger partial charge in [0.1, 0.15) is 6.61 Å². The van der Waals surface area contributed by atoms with Crippen LogP contribution in [0.25, 0.3) is 10.9 Å². The first-order chi connectivity index (χ1) is 13.5. The van der Waals surface area contributed by atoms with Gasteiger partial charge in [0.25, 0.3) is 0 Å². The van der Waals surface area contributed by atoms with Crippen LogP contribution in [0.1, 0.15) is 11.1 Å².